The minimum absolute atomic E-state index is 0.233. The SMILES string of the molecule is C=CCNC1CC(C)(C)N(C)C(C)(C)C1.CO[Si](CC[Si](C)(C)O[Si](C)(C)CCCNC1CC(C)(C)N(C)C(C)(C)C1)(OC)OC. The molecule has 0 aliphatic carbocycles. The van der Waals surface area contributed by atoms with Crippen LogP contribution in [0.4, 0.5) is 0 Å². The predicted octanol–water partition coefficient (Wildman–Crippen LogP) is 7.34. The van der Waals surface area contributed by atoms with Crippen molar-refractivity contribution in [3.8, 4) is 0 Å². The van der Waals surface area contributed by atoms with Crippen LogP contribution in [-0.4, -0.2) is 118 Å². The number of nitrogens with zero attached hydrogens (tertiary/aromatic N) is 2. The van der Waals surface area contributed by atoms with Crippen molar-refractivity contribution in [2.45, 2.75) is 166 Å². The van der Waals surface area contributed by atoms with Crippen molar-refractivity contribution >= 4 is 25.4 Å². The number of nitrogens with one attached hydrogen (secondary N) is 2. The Labute approximate surface area is 289 Å². The summed E-state index contributed by atoms with van der Waals surface area (Å²) in [4.78, 5) is 5.05. The molecule has 0 aromatic carbocycles. The minimum Gasteiger partial charge on any atom is -0.456 e. The molecule has 0 bridgehead atoms. The molecule has 0 saturated carbocycles. The lowest BCUT2D eigenvalue weighted by Crippen LogP contribution is -2.62. The quantitative estimate of drug-likeness (QED) is 0.0985. The van der Waals surface area contributed by atoms with Gasteiger partial charge in [-0.3, -0.25) is 9.80 Å². The summed E-state index contributed by atoms with van der Waals surface area (Å²) in [5.41, 5.74) is 1.02. The van der Waals surface area contributed by atoms with Crippen LogP contribution in [0.1, 0.15) is 87.5 Å². The van der Waals surface area contributed by atoms with Crippen LogP contribution >= 0.6 is 0 Å². The maximum Gasteiger partial charge on any atom is 0.499 e. The van der Waals surface area contributed by atoms with E-state index in [1.807, 2.05) is 6.08 Å². The van der Waals surface area contributed by atoms with Crippen LogP contribution in [0.3, 0.4) is 0 Å². The van der Waals surface area contributed by atoms with E-state index in [0.29, 0.717) is 12.1 Å². The molecule has 2 saturated heterocycles. The molecule has 46 heavy (non-hydrogen) atoms. The first-order valence-electron chi connectivity index (χ1n) is 17.7. The van der Waals surface area contributed by atoms with Crippen molar-refractivity contribution in [1.29, 1.82) is 0 Å². The largest absolute Gasteiger partial charge is 0.499 e. The lowest BCUT2D eigenvalue weighted by atomic mass is 9.77. The molecule has 2 aliphatic rings. The normalized spacial score (nSPS) is 22.7. The molecule has 11 heteroatoms. The zero-order valence-corrected chi connectivity index (χ0v) is 36.5. The smallest absolute Gasteiger partial charge is 0.456 e. The lowest BCUT2D eigenvalue weighted by Gasteiger charge is -2.54. The molecule has 2 N–H and O–H groups in total. The van der Waals surface area contributed by atoms with Crippen molar-refractivity contribution in [2.24, 2.45) is 0 Å². The van der Waals surface area contributed by atoms with Crippen molar-refractivity contribution in [2.75, 3.05) is 48.5 Å². The molecule has 0 amide bonds. The van der Waals surface area contributed by atoms with Gasteiger partial charge in [0.1, 0.15) is 0 Å². The third-order valence-electron chi connectivity index (χ3n) is 11.1. The van der Waals surface area contributed by atoms with Gasteiger partial charge >= 0.3 is 8.80 Å². The summed E-state index contributed by atoms with van der Waals surface area (Å²) in [6.07, 6.45) is 7.95. The summed E-state index contributed by atoms with van der Waals surface area (Å²) < 4.78 is 23.6. The fourth-order valence-corrected chi connectivity index (χ4v) is 20.5. The topological polar surface area (TPSA) is 67.5 Å². The highest BCUT2D eigenvalue weighted by Gasteiger charge is 2.44. The van der Waals surface area contributed by atoms with Crippen LogP contribution < -0.4 is 10.6 Å². The van der Waals surface area contributed by atoms with Crippen molar-refractivity contribution in [3.05, 3.63) is 12.7 Å². The van der Waals surface area contributed by atoms with E-state index < -0.39 is 25.4 Å². The molecule has 2 heterocycles. The van der Waals surface area contributed by atoms with Crippen LogP contribution in [0.5, 0.6) is 0 Å². The molecule has 2 aliphatic heterocycles. The van der Waals surface area contributed by atoms with E-state index in [9.17, 15) is 0 Å². The predicted molar refractivity (Wildman–Crippen MR) is 206 cm³/mol. The zero-order valence-electron chi connectivity index (χ0n) is 33.5. The number of hydrogen-bond donors (Lipinski definition) is 2. The Morgan fingerprint density at radius 1 is 0.652 bits per heavy atom. The van der Waals surface area contributed by atoms with Gasteiger partial charge in [0.05, 0.1) is 0 Å². The van der Waals surface area contributed by atoms with Gasteiger partial charge in [-0.2, -0.15) is 0 Å². The maximum absolute atomic E-state index is 6.83. The van der Waals surface area contributed by atoms with Crippen molar-refractivity contribution < 1.29 is 17.4 Å². The summed E-state index contributed by atoms with van der Waals surface area (Å²) in [6.45, 7) is 33.9. The Morgan fingerprint density at radius 3 is 1.39 bits per heavy atom. The summed E-state index contributed by atoms with van der Waals surface area (Å²) in [6, 6.07) is 4.22. The maximum atomic E-state index is 6.83. The number of likely N-dealkylation sites (tertiary alicyclic amines) is 2. The van der Waals surface area contributed by atoms with E-state index in [2.05, 4.69) is 123 Å². The van der Waals surface area contributed by atoms with Crippen LogP contribution in [0.2, 0.25) is 44.3 Å². The second kappa shape index (κ2) is 17.3. The third kappa shape index (κ3) is 13.4. The van der Waals surface area contributed by atoms with Gasteiger partial charge < -0.3 is 28.0 Å². The first-order valence-corrected chi connectivity index (χ1v) is 25.9. The zero-order chi connectivity index (χ0) is 35.8. The molecule has 274 valence electrons. The molecule has 0 unspecified atom stereocenters. The first kappa shape index (κ1) is 44.1. The Hall–Kier alpha value is 0.0706. The first-order chi connectivity index (χ1) is 20.8. The van der Waals surface area contributed by atoms with Crippen molar-refractivity contribution in [3.63, 3.8) is 0 Å². The standard InChI is InChI=1S/C22H52N2O4Si3.C13H26N2/c1-21(2)18-20(19-22(3,4)24(21)5)23-14-13-15-29(9,10)28-30(11,12)16-17-31(25-6,26-7)27-8;1-7-8-14-11-9-12(2,3)15(6)13(4,5)10-11/h20,23H,13-19H2,1-12H3;7,11,14H,1,8-10H2,2-6H3. The van der Waals surface area contributed by atoms with E-state index in [4.69, 9.17) is 17.4 Å². The Kier molecular flexibility index (Phi) is 16.6. The van der Waals surface area contributed by atoms with Gasteiger partial charge in [0.25, 0.3) is 0 Å². The van der Waals surface area contributed by atoms with Gasteiger partial charge in [-0.15, -0.1) is 6.58 Å². The van der Waals surface area contributed by atoms with E-state index in [0.717, 1.165) is 25.2 Å². The molecule has 0 aromatic rings. The molecule has 0 spiro atoms. The van der Waals surface area contributed by atoms with Gasteiger partial charge in [-0.1, -0.05) is 6.08 Å². The number of piperidine rings is 2. The average molecular weight is 703 g/mol. The van der Waals surface area contributed by atoms with Crippen LogP contribution in [0.15, 0.2) is 12.7 Å². The Morgan fingerprint density at radius 2 is 1.02 bits per heavy atom. The van der Waals surface area contributed by atoms with Gasteiger partial charge in [0.2, 0.25) is 0 Å². The van der Waals surface area contributed by atoms with E-state index >= 15 is 0 Å². The number of rotatable bonds is 16. The minimum atomic E-state index is -2.52. The molecular formula is C35H78N4O4Si3. The second-order valence-corrected chi connectivity index (χ2v) is 29.7. The van der Waals surface area contributed by atoms with Gasteiger partial charge in [0, 0.05) is 68.2 Å². The third-order valence-corrected chi connectivity index (χ3v) is 21.7. The molecule has 8 nitrogen and oxygen atoms in total. The second-order valence-electron chi connectivity index (χ2n) is 17.7. The van der Waals surface area contributed by atoms with Crippen molar-refractivity contribution in [1.82, 2.24) is 20.4 Å². The Bertz CT molecular complexity index is 881. The van der Waals surface area contributed by atoms with Gasteiger partial charge in [-0.05, 0) is 146 Å². The molecule has 0 atom stereocenters. The van der Waals surface area contributed by atoms with Crippen LogP contribution in [0, 0.1) is 0 Å². The van der Waals surface area contributed by atoms with Gasteiger partial charge in [-0.25, -0.2) is 0 Å². The molecule has 2 fully saturated rings. The monoisotopic (exact) mass is 703 g/mol. The molecule has 0 aromatic heterocycles. The molecule has 0 radical (unpaired) electrons. The summed E-state index contributed by atoms with van der Waals surface area (Å²) >= 11 is 0. The van der Waals surface area contributed by atoms with Crippen LogP contribution in [-0.2, 0) is 17.4 Å². The summed E-state index contributed by atoms with van der Waals surface area (Å²) in [7, 11) is 3.53. The molecule has 2 rings (SSSR count). The fraction of sp³-hybridized carbons (Fsp3) is 0.943. The van der Waals surface area contributed by atoms with E-state index in [1.165, 1.54) is 38.1 Å². The van der Waals surface area contributed by atoms with Crippen LogP contribution in [0.25, 0.3) is 0 Å². The lowest BCUT2D eigenvalue weighted by molar-refractivity contribution is -0.0181. The summed E-state index contributed by atoms with van der Waals surface area (Å²) in [5, 5.41) is 7.42. The van der Waals surface area contributed by atoms with E-state index in [-0.39, 0.29) is 22.2 Å². The molecular weight excluding hydrogens is 625 g/mol. The fourth-order valence-electron chi connectivity index (χ4n) is 7.96. The average Bonchev–Trinajstić information content (AvgIpc) is 2.92. The van der Waals surface area contributed by atoms with Gasteiger partial charge in [0.15, 0.2) is 16.6 Å². The summed E-state index contributed by atoms with van der Waals surface area (Å²) in [5.74, 6) is 0. The Balaban J connectivity index is 0.000000587. The van der Waals surface area contributed by atoms with E-state index in [1.54, 1.807) is 21.3 Å². The highest BCUT2D eigenvalue weighted by molar-refractivity contribution is 6.85. The number of hydrogen-bond acceptors (Lipinski definition) is 8. The highest BCUT2D eigenvalue weighted by atomic mass is 28.4. The highest BCUT2D eigenvalue weighted by Crippen LogP contribution is 2.38.